The highest BCUT2D eigenvalue weighted by Gasteiger charge is 2.30. The highest BCUT2D eigenvalue weighted by atomic mass is 15.3. The van der Waals surface area contributed by atoms with Crippen LogP contribution in [0.4, 0.5) is 5.69 Å². The summed E-state index contributed by atoms with van der Waals surface area (Å²) in [5, 5.41) is 0. The predicted octanol–water partition coefficient (Wildman–Crippen LogP) is 3.43. The lowest BCUT2D eigenvalue weighted by molar-refractivity contribution is 0.755. The molecule has 3 rings (SSSR count). The van der Waals surface area contributed by atoms with E-state index in [1.54, 1.807) is 0 Å². The van der Waals surface area contributed by atoms with Gasteiger partial charge in [0.05, 0.1) is 12.6 Å². The molecule has 1 aliphatic rings. The minimum atomic E-state index is 0.197. The Morgan fingerprint density at radius 1 is 1.14 bits per heavy atom. The summed E-state index contributed by atoms with van der Waals surface area (Å²) in [6.07, 6.45) is 1.02. The molecule has 0 fully saturated rings. The first kappa shape index (κ1) is 13.7. The van der Waals surface area contributed by atoms with Crippen LogP contribution in [0.5, 0.6) is 0 Å². The van der Waals surface area contributed by atoms with Crippen LogP contribution in [-0.4, -0.2) is 12.5 Å². The molecule has 0 bridgehead atoms. The van der Waals surface area contributed by atoms with E-state index in [2.05, 4.69) is 72.3 Å². The van der Waals surface area contributed by atoms with E-state index in [1.807, 2.05) is 0 Å². The van der Waals surface area contributed by atoms with Crippen molar-refractivity contribution >= 4 is 11.6 Å². The van der Waals surface area contributed by atoms with Crippen LogP contribution in [-0.2, 0) is 6.42 Å². The lowest BCUT2D eigenvalue weighted by Crippen LogP contribution is -2.36. The van der Waals surface area contributed by atoms with E-state index in [0.717, 1.165) is 18.7 Å². The van der Waals surface area contributed by atoms with E-state index in [1.165, 1.54) is 16.7 Å². The third-order valence-electron chi connectivity index (χ3n) is 4.15. The Balaban J connectivity index is 2.06. The van der Waals surface area contributed by atoms with Crippen molar-refractivity contribution in [2.24, 2.45) is 10.7 Å². The fourth-order valence-corrected chi connectivity index (χ4v) is 3.04. The highest BCUT2D eigenvalue weighted by molar-refractivity contribution is 5.98. The molecule has 108 valence electrons. The molecule has 0 radical (unpaired) electrons. The molecule has 0 aromatic heterocycles. The zero-order valence-electron chi connectivity index (χ0n) is 12.6. The Labute approximate surface area is 126 Å². The second-order valence-corrected chi connectivity index (χ2v) is 5.42. The molecule has 0 saturated heterocycles. The number of hydrogen-bond acceptors (Lipinski definition) is 3. The summed E-state index contributed by atoms with van der Waals surface area (Å²) in [6.45, 7) is 5.02. The number of hydrogen-bond donors (Lipinski definition) is 1. The van der Waals surface area contributed by atoms with Crippen molar-refractivity contribution in [2.75, 3.05) is 11.4 Å². The fraction of sp³-hybridized carbons (Fsp3) is 0.278. The second-order valence-electron chi connectivity index (χ2n) is 5.42. The number of anilines is 1. The van der Waals surface area contributed by atoms with Crippen molar-refractivity contribution < 1.29 is 0 Å². The van der Waals surface area contributed by atoms with Gasteiger partial charge in [0.15, 0.2) is 5.96 Å². The first-order chi connectivity index (χ1) is 10.2. The van der Waals surface area contributed by atoms with Gasteiger partial charge in [0, 0.05) is 5.69 Å². The van der Waals surface area contributed by atoms with E-state index in [9.17, 15) is 0 Å². The fourth-order valence-electron chi connectivity index (χ4n) is 3.04. The van der Waals surface area contributed by atoms with Crippen molar-refractivity contribution in [1.82, 2.24) is 0 Å². The predicted molar refractivity (Wildman–Crippen MR) is 88.7 cm³/mol. The van der Waals surface area contributed by atoms with Crippen LogP contribution < -0.4 is 10.6 Å². The maximum Gasteiger partial charge on any atom is 0.196 e. The maximum absolute atomic E-state index is 6.18. The summed E-state index contributed by atoms with van der Waals surface area (Å²) in [7, 11) is 0. The summed E-state index contributed by atoms with van der Waals surface area (Å²) in [4.78, 5) is 6.66. The molecule has 21 heavy (non-hydrogen) atoms. The first-order valence-electron chi connectivity index (χ1n) is 7.45. The van der Waals surface area contributed by atoms with Crippen LogP contribution in [0.2, 0.25) is 0 Å². The molecule has 0 amide bonds. The van der Waals surface area contributed by atoms with Crippen molar-refractivity contribution in [3.05, 3.63) is 65.2 Å². The normalized spacial score (nSPS) is 17.9. The van der Waals surface area contributed by atoms with Gasteiger partial charge >= 0.3 is 0 Å². The van der Waals surface area contributed by atoms with Gasteiger partial charge in [0.1, 0.15) is 0 Å². The molecule has 1 heterocycles. The van der Waals surface area contributed by atoms with Crippen molar-refractivity contribution in [3.8, 4) is 0 Å². The van der Waals surface area contributed by atoms with Crippen LogP contribution in [0.25, 0.3) is 0 Å². The van der Waals surface area contributed by atoms with Gasteiger partial charge in [0.25, 0.3) is 0 Å². The van der Waals surface area contributed by atoms with Gasteiger partial charge in [-0.15, -0.1) is 0 Å². The highest BCUT2D eigenvalue weighted by Crippen LogP contribution is 2.34. The number of rotatable bonds is 3. The van der Waals surface area contributed by atoms with E-state index in [-0.39, 0.29) is 6.04 Å². The lowest BCUT2D eigenvalue weighted by atomic mass is 9.97. The maximum atomic E-state index is 6.18. The number of para-hydroxylation sites is 1. The van der Waals surface area contributed by atoms with E-state index in [4.69, 9.17) is 5.73 Å². The van der Waals surface area contributed by atoms with Gasteiger partial charge in [-0.25, -0.2) is 0 Å². The summed E-state index contributed by atoms with van der Waals surface area (Å²) in [5.74, 6) is 0.611. The molecule has 1 atom stereocenters. The minimum Gasteiger partial charge on any atom is -0.369 e. The second kappa shape index (κ2) is 5.60. The zero-order valence-corrected chi connectivity index (χ0v) is 12.6. The molecule has 1 unspecified atom stereocenters. The number of aryl methyl sites for hydroxylation is 2. The van der Waals surface area contributed by atoms with Crippen LogP contribution in [0.15, 0.2) is 53.5 Å². The molecule has 2 aromatic carbocycles. The molecule has 0 saturated carbocycles. The summed E-state index contributed by atoms with van der Waals surface area (Å²) in [6, 6.07) is 17.1. The Bertz CT molecular complexity index is 676. The molecular weight excluding hydrogens is 258 g/mol. The Kier molecular flexibility index (Phi) is 3.65. The number of nitrogens with zero attached hydrogens (tertiary/aromatic N) is 2. The number of aliphatic imine (C=N–C) groups is 1. The molecular formula is C18H21N3. The van der Waals surface area contributed by atoms with Gasteiger partial charge < -0.3 is 10.6 Å². The van der Waals surface area contributed by atoms with Gasteiger partial charge in [0.2, 0.25) is 0 Å². The van der Waals surface area contributed by atoms with Crippen LogP contribution in [0.3, 0.4) is 0 Å². The number of guanidine groups is 1. The van der Waals surface area contributed by atoms with Crippen LogP contribution >= 0.6 is 0 Å². The largest absolute Gasteiger partial charge is 0.369 e. The number of benzene rings is 2. The average Bonchev–Trinajstić information content (AvgIpc) is 2.89. The third kappa shape index (κ3) is 2.40. The monoisotopic (exact) mass is 279 g/mol. The standard InChI is InChI=1S/C18H21N3/c1-3-14-9-5-6-10-15(14)17-12-20-18(19)21(17)16-11-7-4-8-13(16)2/h4-11,17H,3,12H2,1-2H3,(H2,19,20). The van der Waals surface area contributed by atoms with E-state index >= 15 is 0 Å². The van der Waals surface area contributed by atoms with Crippen LogP contribution in [0.1, 0.15) is 29.7 Å². The van der Waals surface area contributed by atoms with Crippen LogP contribution in [0, 0.1) is 6.92 Å². The molecule has 3 heteroatoms. The number of nitrogens with two attached hydrogens (primary N) is 1. The topological polar surface area (TPSA) is 41.6 Å². The van der Waals surface area contributed by atoms with E-state index in [0.29, 0.717) is 5.96 Å². The van der Waals surface area contributed by atoms with Crippen molar-refractivity contribution in [1.29, 1.82) is 0 Å². The molecule has 2 N–H and O–H groups in total. The molecule has 3 nitrogen and oxygen atoms in total. The van der Waals surface area contributed by atoms with Gasteiger partial charge in [-0.2, -0.15) is 0 Å². The molecule has 0 spiro atoms. The zero-order chi connectivity index (χ0) is 14.8. The first-order valence-corrected chi connectivity index (χ1v) is 7.45. The minimum absolute atomic E-state index is 0.197. The van der Waals surface area contributed by atoms with Crippen molar-refractivity contribution in [3.63, 3.8) is 0 Å². The molecule has 1 aliphatic heterocycles. The Morgan fingerprint density at radius 3 is 2.62 bits per heavy atom. The summed E-state index contributed by atoms with van der Waals surface area (Å²) < 4.78 is 0. The Hall–Kier alpha value is -2.29. The quantitative estimate of drug-likeness (QED) is 0.935. The Morgan fingerprint density at radius 2 is 1.86 bits per heavy atom. The average molecular weight is 279 g/mol. The van der Waals surface area contributed by atoms with E-state index < -0.39 is 0 Å². The lowest BCUT2D eigenvalue weighted by Gasteiger charge is -2.29. The SMILES string of the molecule is CCc1ccccc1C1CN=C(N)N1c1ccccc1C. The summed E-state index contributed by atoms with van der Waals surface area (Å²) >= 11 is 0. The smallest absolute Gasteiger partial charge is 0.196 e. The van der Waals surface area contributed by atoms with Gasteiger partial charge in [-0.1, -0.05) is 49.4 Å². The third-order valence-corrected chi connectivity index (χ3v) is 4.15. The van der Waals surface area contributed by atoms with Crippen molar-refractivity contribution in [2.45, 2.75) is 26.3 Å². The van der Waals surface area contributed by atoms with Gasteiger partial charge in [-0.3, -0.25) is 4.99 Å². The molecule has 0 aliphatic carbocycles. The molecule has 2 aromatic rings. The summed E-state index contributed by atoms with van der Waals surface area (Å²) in [5.41, 5.74) is 11.2. The van der Waals surface area contributed by atoms with Gasteiger partial charge in [-0.05, 0) is 36.1 Å².